The molecular weight excluding hydrogens is 885 g/mol. The number of fused-ring (bicyclic) bond motifs is 1. The summed E-state index contributed by atoms with van der Waals surface area (Å²) in [7, 11) is -14.2. The molecule has 1 heterocycles. The second kappa shape index (κ2) is 22.1. The second-order valence-electron chi connectivity index (χ2n) is 11.7. The summed E-state index contributed by atoms with van der Waals surface area (Å²) >= 11 is 0. The molecule has 0 amide bonds. The van der Waals surface area contributed by atoms with Crippen molar-refractivity contribution in [2.75, 3.05) is 16.4 Å². The highest BCUT2D eigenvalue weighted by atomic mass is 32.2. The number of nitrogens with one attached hydrogen (secondary N) is 2. The maximum Gasteiger partial charge on any atom is 0.425 e. The monoisotopic (exact) mass is 914 g/mol. The van der Waals surface area contributed by atoms with Crippen LogP contribution >= 0.6 is 0 Å². The average Bonchev–Trinajstić information content (AvgIpc) is 3.14. The lowest BCUT2D eigenvalue weighted by Gasteiger charge is -2.12. The minimum absolute atomic E-state index is 0.0271. The summed E-state index contributed by atoms with van der Waals surface area (Å²) in [5.41, 5.74) is 10.5. The van der Waals surface area contributed by atoms with E-state index < -0.39 is 58.3 Å². The molecule has 0 radical (unpaired) electrons. The number of benzene rings is 5. The molecule has 0 bridgehead atoms. The summed E-state index contributed by atoms with van der Waals surface area (Å²) in [5.74, 6) is 0.481. The molecule has 6 aromatic rings. The molecule has 318 valence electrons. The molecule has 5 aromatic carbocycles. The van der Waals surface area contributed by atoms with E-state index in [9.17, 15) is 18.1 Å². The predicted octanol–water partition coefficient (Wildman–Crippen LogP) is 5.79. The third kappa shape index (κ3) is 16.0. The summed E-state index contributed by atoms with van der Waals surface area (Å²) in [6, 6.07) is 26.0. The highest BCUT2D eigenvalue weighted by Crippen LogP contribution is 2.46. The van der Waals surface area contributed by atoms with E-state index in [2.05, 4.69) is 46.0 Å². The molecule has 1 aromatic heterocycles. The number of hydrogen-bond donors (Lipinski definition) is 5. The molecular formula is C34H30N10O13S4. The van der Waals surface area contributed by atoms with Crippen molar-refractivity contribution < 1.29 is 56.0 Å². The summed E-state index contributed by atoms with van der Waals surface area (Å²) in [4.78, 5) is 12.5. The van der Waals surface area contributed by atoms with Crippen LogP contribution in [0, 0.1) is 20.8 Å². The number of phenols is 1. The van der Waals surface area contributed by atoms with Gasteiger partial charge in [-0.25, -0.2) is 0 Å². The third-order valence-electron chi connectivity index (χ3n) is 7.24. The molecule has 61 heavy (non-hydrogen) atoms. The van der Waals surface area contributed by atoms with Crippen LogP contribution in [0.25, 0.3) is 10.8 Å². The summed E-state index contributed by atoms with van der Waals surface area (Å²) < 4.78 is 111. The molecule has 6 rings (SSSR count). The maximum atomic E-state index is 12.4. The van der Waals surface area contributed by atoms with Crippen molar-refractivity contribution in [2.24, 2.45) is 20.5 Å². The number of nitrogens with zero attached hydrogens (tertiary/aromatic N) is 7. The van der Waals surface area contributed by atoms with Crippen LogP contribution in [0.1, 0.15) is 17.0 Å². The van der Waals surface area contributed by atoms with Crippen molar-refractivity contribution >= 4 is 104 Å². The van der Waals surface area contributed by atoms with Gasteiger partial charge in [0.2, 0.25) is 11.9 Å². The number of aromatic hydroxyl groups is 1. The Bertz CT molecular complexity index is 3000. The van der Waals surface area contributed by atoms with Gasteiger partial charge in [-0.05, 0) is 80.8 Å². The van der Waals surface area contributed by atoms with Gasteiger partial charge in [-0.15, -0.1) is 48.1 Å². The van der Waals surface area contributed by atoms with Crippen LogP contribution in [0.2, 0.25) is 0 Å². The SMILES string of the molecule is Cc1ccc(N=Nc2ccc3cc(S(=O)(=O)O)c(N=Nc4cccc(Nc5nc(C)nc(Nc6ccc(C)cc6)n5)c4)c(O)c3c2N)cc1.O=S(=O)=O.O=S(=O)=O.O=S(=O)=O. The molecule has 0 spiro atoms. The van der Waals surface area contributed by atoms with Gasteiger partial charge in [0.1, 0.15) is 22.1 Å². The maximum absolute atomic E-state index is 12.4. The van der Waals surface area contributed by atoms with Gasteiger partial charge in [-0.2, -0.15) is 33.6 Å². The van der Waals surface area contributed by atoms with Crippen LogP contribution in [0.4, 0.5) is 51.7 Å². The number of aryl methyl sites for hydroxylation is 3. The molecule has 0 saturated carbocycles. The molecule has 0 unspecified atom stereocenters. The third-order valence-corrected chi connectivity index (χ3v) is 8.11. The van der Waals surface area contributed by atoms with Crippen LogP contribution in [-0.2, 0) is 41.9 Å². The van der Waals surface area contributed by atoms with Crippen molar-refractivity contribution in [3.8, 4) is 5.75 Å². The van der Waals surface area contributed by atoms with Gasteiger partial charge in [0.25, 0.3) is 10.1 Å². The Kier molecular flexibility index (Phi) is 17.3. The second-order valence-corrected chi connectivity index (χ2v) is 14.3. The van der Waals surface area contributed by atoms with Gasteiger partial charge in [0.15, 0.2) is 5.75 Å². The number of hydrogen-bond acceptors (Lipinski definition) is 22. The van der Waals surface area contributed by atoms with E-state index in [0.717, 1.165) is 22.9 Å². The van der Waals surface area contributed by atoms with Gasteiger partial charge in [-0.3, -0.25) is 4.55 Å². The van der Waals surface area contributed by atoms with Crippen molar-refractivity contribution in [1.82, 2.24) is 15.0 Å². The largest absolute Gasteiger partial charge is 0.505 e. The van der Waals surface area contributed by atoms with E-state index in [0.29, 0.717) is 23.1 Å². The minimum atomic E-state index is -4.84. The fourth-order valence-electron chi connectivity index (χ4n) is 4.80. The van der Waals surface area contributed by atoms with E-state index in [1.807, 2.05) is 50.2 Å². The first-order valence-electron chi connectivity index (χ1n) is 16.3. The number of nitrogen functional groups attached to an aromatic ring is 1. The molecule has 0 fully saturated rings. The molecule has 6 N–H and O–H groups in total. The summed E-state index contributed by atoms with van der Waals surface area (Å²) in [6.45, 7) is 5.69. The predicted molar refractivity (Wildman–Crippen MR) is 217 cm³/mol. The van der Waals surface area contributed by atoms with Crippen LogP contribution < -0.4 is 16.4 Å². The van der Waals surface area contributed by atoms with Crippen LogP contribution in [-0.4, -0.2) is 70.9 Å². The van der Waals surface area contributed by atoms with Gasteiger partial charge < -0.3 is 21.5 Å². The standard InChI is InChI=1S/C34H30N10O4S.3O3S/c1-19-7-12-23(13-8-19)38-33-36-21(3)37-34(40-33)39-25-5-4-6-26(18-25)42-44-31-28(49(46,47)48)17-22-11-16-27(30(35)29(22)32(31)45)43-41-24-14-9-20(2)10-15-24;3*1-4(2)3/h4-18,45H,35H2,1-3H3,(H,46,47,48)(H2,36,37,38,39,40);;;. The summed E-state index contributed by atoms with van der Waals surface area (Å²) in [6.07, 6.45) is 0. The first kappa shape index (κ1) is 47.9. The number of aromatic nitrogens is 3. The van der Waals surface area contributed by atoms with Gasteiger partial charge in [0.05, 0.1) is 22.4 Å². The van der Waals surface area contributed by atoms with Crippen molar-refractivity contribution in [2.45, 2.75) is 25.7 Å². The lowest BCUT2D eigenvalue weighted by molar-refractivity contribution is 0.472. The quantitative estimate of drug-likeness (QED) is 0.0650. The average molecular weight is 915 g/mol. The van der Waals surface area contributed by atoms with Crippen molar-refractivity contribution in [3.63, 3.8) is 0 Å². The molecule has 0 saturated heterocycles. The van der Waals surface area contributed by atoms with E-state index in [-0.39, 0.29) is 33.8 Å². The Morgan fingerprint density at radius 3 is 1.66 bits per heavy atom. The highest BCUT2D eigenvalue weighted by molar-refractivity contribution is 7.86. The Hall–Kier alpha value is -7.46. The molecule has 27 heteroatoms. The fraction of sp³-hybridized carbons (Fsp3) is 0.0882. The number of anilines is 5. The Morgan fingerprint density at radius 2 is 1.11 bits per heavy atom. The first-order chi connectivity index (χ1) is 28.6. The molecule has 0 aliphatic heterocycles. The lowest BCUT2D eigenvalue weighted by Crippen LogP contribution is -2.05. The normalized spacial score (nSPS) is 10.7. The van der Waals surface area contributed by atoms with E-state index in [4.69, 9.17) is 43.6 Å². The van der Waals surface area contributed by atoms with Gasteiger partial charge >= 0.3 is 31.8 Å². The van der Waals surface area contributed by atoms with Crippen LogP contribution in [0.5, 0.6) is 5.75 Å². The van der Waals surface area contributed by atoms with E-state index in [1.54, 1.807) is 43.3 Å². The van der Waals surface area contributed by atoms with Crippen LogP contribution in [0.3, 0.4) is 0 Å². The minimum Gasteiger partial charge on any atom is -0.505 e. The van der Waals surface area contributed by atoms with E-state index >= 15 is 0 Å². The smallest absolute Gasteiger partial charge is 0.425 e. The zero-order valence-corrected chi connectivity index (χ0v) is 34.7. The lowest BCUT2D eigenvalue weighted by atomic mass is 10.1. The molecule has 0 aliphatic rings. The fourth-order valence-corrected chi connectivity index (χ4v) is 5.46. The molecule has 0 atom stereocenters. The number of nitrogens with two attached hydrogens (primary N) is 1. The van der Waals surface area contributed by atoms with Crippen LogP contribution in [0.15, 0.2) is 116 Å². The molecule has 23 nitrogen and oxygen atoms in total. The van der Waals surface area contributed by atoms with E-state index in [1.165, 1.54) is 12.1 Å². The Labute approximate surface area is 350 Å². The number of azo groups is 2. The van der Waals surface area contributed by atoms with Crippen molar-refractivity contribution in [3.05, 3.63) is 108 Å². The number of phenolic OH excluding ortho intramolecular Hbond substituents is 1. The first-order valence-corrected chi connectivity index (χ1v) is 20.8. The van der Waals surface area contributed by atoms with Gasteiger partial charge in [-0.1, -0.05) is 47.5 Å². The zero-order chi connectivity index (χ0) is 45.4. The summed E-state index contributed by atoms with van der Waals surface area (Å²) in [5, 5.41) is 34.5. The zero-order valence-electron chi connectivity index (χ0n) is 31.4. The van der Waals surface area contributed by atoms with Crippen molar-refractivity contribution in [1.29, 1.82) is 0 Å². The topological polar surface area (TPSA) is 366 Å². The Balaban J connectivity index is 0.000000734. The number of rotatable bonds is 9. The highest BCUT2D eigenvalue weighted by Gasteiger charge is 2.24. The Morgan fingerprint density at radius 1 is 0.607 bits per heavy atom. The molecule has 0 aliphatic carbocycles. The van der Waals surface area contributed by atoms with Gasteiger partial charge in [0, 0.05) is 11.4 Å².